The molecule has 0 saturated carbocycles. The molecule has 1 unspecified atom stereocenters. The van der Waals surface area contributed by atoms with Crippen molar-refractivity contribution in [3.63, 3.8) is 0 Å². The Kier molecular flexibility index (Phi) is 5.26. The monoisotopic (exact) mass is 290 g/mol. The van der Waals surface area contributed by atoms with Crippen LogP contribution in [0.25, 0.3) is 10.8 Å². The number of benzene rings is 1. The Labute approximate surface area is 125 Å². The van der Waals surface area contributed by atoms with Crippen LogP contribution >= 0.6 is 11.8 Å². The van der Waals surface area contributed by atoms with Gasteiger partial charge in [0.15, 0.2) is 0 Å². The molecule has 0 radical (unpaired) electrons. The van der Waals surface area contributed by atoms with Crippen LogP contribution in [0, 0.1) is 0 Å². The molecule has 0 spiro atoms. The van der Waals surface area contributed by atoms with E-state index >= 15 is 0 Å². The second-order valence-electron chi connectivity index (χ2n) is 5.06. The van der Waals surface area contributed by atoms with Gasteiger partial charge in [-0.3, -0.25) is 0 Å². The molecule has 0 fully saturated rings. The Morgan fingerprint density at radius 3 is 2.80 bits per heavy atom. The fourth-order valence-electron chi connectivity index (χ4n) is 2.28. The molecule has 0 aliphatic carbocycles. The Morgan fingerprint density at radius 2 is 2.10 bits per heavy atom. The van der Waals surface area contributed by atoms with E-state index in [1.807, 2.05) is 30.0 Å². The minimum absolute atomic E-state index is 0.0229. The molecule has 2 aromatic rings. The fraction of sp³-hybridized carbons (Fsp3) is 0.438. The maximum atomic E-state index is 9.40. The summed E-state index contributed by atoms with van der Waals surface area (Å²) in [6.45, 7) is 2.20. The third-order valence-electron chi connectivity index (χ3n) is 3.67. The number of rotatable bonds is 6. The van der Waals surface area contributed by atoms with E-state index in [4.69, 9.17) is 0 Å². The first-order valence-corrected chi connectivity index (χ1v) is 8.28. The molecule has 108 valence electrons. The first-order chi connectivity index (χ1) is 9.67. The number of aliphatic hydroxyl groups is 1. The molecule has 0 bridgehead atoms. The van der Waals surface area contributed by atoms with E-state index in [9.17, 15) is 5.11 Å². The molecule has 0 saturated heterocycles. The molecule has 1 N–H and O–H groups in total. The molecular formula is C16H22N2OS. The zero-order valence-electron chi connectivity index (χ0n) is 12.3. The highest BCUT2D eigenvalue weighted by molar-refractivity contribution is 7.98. The molecule has 1 aromatic heterocycles. The van der Waals surface area contributed by atoms with Gasteiger partial charge in [-0.2, -0.15) is 11.8 Å². The summed E-state index contributed by atoms with van der Waals surface area (Å²) in [5.41, 5.74) is 0.725. The van der Waals surface area contributed by atoms with Gasteiger partial charge >= 0.3 is 0 Å². The number of nitrogens with zero attached hydrogens (tertiary/aromatic N) is 2. The molecule has 3 nitrogen and oxygen atoms in total. The molecule has 1 atom stereocenters. The van der Waals surface area contributed by atoms with E-state index < -0.39 is 0 Å². The molecule has 2 rings (SSSR count). The van der Waals surface area contributed by atoms with Crippen LogP contribution in [0.2, 0.25) is 0 Å². The number of thioether (sulfide) groups is 1. The number of fused-ring (bicyclic) bond motifs is 1. The molecule has 4 heteroatoms. The van der Waals surface area contributed by atoms with E-state index in [0.29, 0.717) is 6.04 Å². The van der Waals surface area contributed by atoms with Crippen LogP contribution in [0.5, 0.6) is 0 Å². The summed E-state index contributed by atoms with van der Waals surface area (Å²) in [5.74, 6) is 2.10. The molecule has 0 aliphatic heterocycles. The van der Waals surface area contributed by atoms with Crippen LogP contribution in [-0.2, 0) is 6.61 Å². The summed E-state index contributed by atoms with van der Waals surface area (Å²) in [5, 5.41) is 11.7. The minimum atomic E-state index is -0.0229. The van der Waals surface area contributed by atoms with Crippen LogP contribution in [0.15, 0.2) is 30.3 Å². The van der Waals surface area contributed by atoms with Gasteiger partial charge < -0.3 is 10.0 Å². The summed E-state index contributed by atoms with van der Waals surface area (Å²) in [6, 6.07) is 10.6. The van der Waals surface area contributed by atoms with Crippen molar-refractivity contribution >= 4 is 28.4 Å². The average Bonchev–Trinajstić information content (AvgIpc) is 2.50. The van der Waals surface area contributed by atoms with Gasteiger partial charge in [0.05, 0.1) is 12.3 Å². The lowest BCUT2D eigenvalue weighted by atomic mass is 10.1. The standard InChI is InChI=1S/C16H22N2OS/c1-12(8-9-20-3)18(2)16-15-7-5-4-6-13(15)10-14(11-19)17-16/h4-7,10,12,19H,8-9,11H2,1-3H3. The van der Waals surface area contributed by atoms with Gasteiger partial charge in [0.2, 0.25) is 0 Å². The summed E-state index contributed by atoms with van der Waals surface area (Å²) >= 11 is 1.87. The third-order valence-corrected chi connectivity index (χ3v) is 4.31. The van der Waals surface area contributed by atoms with Gasteiger partial charge in [0.25, 0.3) is 0 Å². The van der Waals surface area contributed by atoms with Crippen LogP contribution in [0.4, 0.5) is 5.82 Å². The van der Waals surface area contributed by atoms with Crippen molar-refractivity contribution in [2.75, 3.05) is 24.0 Å². The van der Waals surface area contributed by atoms with Gasteiger partial charge in [-0.1, -0.05) is 24.3 Å². The van der Waals surface area contributed by atoms with Crippen molar-refractivity contribution < 1.29 is 5.11 Å². The number of hydrogen-bond acceptors (Lipinski definition) is 4. The quantitative estimate of drug-likeness (QED) is 0.885. The van der Waals surface area contributed by atoms with Crippen molar-refractivity contribution in [1.82, 2.24) is 4.98 Å². The summed E-state index contributed by atoms with van der Waals surface area (Å²) < 4.78 is 0. The summed E-state index contributed by atoms with van der Waals surface area (Å²) in [6.07, 6.45) is 3.25. The molecule has 1 heterocycles. The lowest BCUT2D eigenvalue weighted by Gasteiger charge is -2.27. The Balaban J connectivity index is 2.41. The van der Waals surface area contributed by atoms with Crippen molar-refractivity contribution in [3.05, 3.63) is 36.0 Å². The highest BCUT2D eigenvalue weighted by Crippen LogP contribution is 2.27. The Bertz CT molecular complexity index is 573. The van der Waals surface area contributed by atoms with E-state index in [2.05, 4.69) is 42.2 Å². The first kappa shape index (κ1) is 15.1. The Hall–Kier alpha value is -1.26. The second-order valence-corrected chi connectivity index (χ2v) is 6.04. The van der Waals surface area contributed by atoms with Gasteiger partial charge in [-0.05, 0) is 36.8 Å². The van der Waals surface area contributed by atoms with Gasteiger partial charge in [0.1, 0.15) is 5.82 Å². The van der Waals surface area contributed by atoms with Gasteiger partial charge in [-0.15, -0.1) is 0 Å². The van der Waals surface area contributed by atoms with E-state index in [0.717, 1.165) is 34.5 Å². The lowest BCUT2D eigenvalue weighted by Crippen LogP contribution is -2.30. The number of aliphatic hydroxyl groups excluding tert-OH is 1. The van der Waals surface area contributed by atoms with E-state index in [-0.39, 0.29) is 6.61 Å². The van der Waals surface area contributed by atoms with E-state index in [1.165, 1.54) is 0 Å². The third kappa shape index (κ3) is 3.25. The molecule has 1 aromatic carbocycles. The topological polar surface area (TPSA) is 36.4 Å². The smallest absolute Gasteiger partial charge is 0.136 e. The fourth-order valence-corrected chi connectivity index (χ4v) is 2.85. The maximum absolute atomic E-state index is 9.40. The summed E-state index contributed by atoms with van der Waals surface area (Å²) in [4.78, 5) is 6.84. The Morgan fingerprint density at radius 1 is 1.35 bits per heavy atom. The highest BCUT2D eigenvalue weighted by atomic mass is 32.2. The highest BCUT2D eigenvalue weighted by Gasteiger charge is 2.15. The molecule has 0 amide bonds. The average molecular weight is 290 g/mol. The minimum Gasteiger partial charge on any atom is -0.390 e. The van der Waals surface area contributed by atoms with E-state index in [1.54, 1.807) is 0 Å². The SMILES string of the molecule is CSCCC(C)N(C)c1nc(CO)cc2ccccc12. The molecular weight excluding hydrogens is 268 g/mol. The van der Waals surface area contributed by atoms with Crippen LogP contribution in [0.3, 0.4) is 0 Å². The lowest BCUT2D eigenvalue weighted by molar-refractivity contribution is 0.277. The largest absolute Gasteiger partial charge is 0.390 e. The van der Waals surface area contributed by atoms with Crippen LogP contribution in [-0.4, -0.2) is 35.2 Å². The zero-order chi connectivity index (χ0) is 14.5. The molecule has 20 heavy (non-hydrogen) atoms. The first-order valence-electron chi connectivity index (χ1n) is 6.88. The zero-order valence-corrected chi connectivity index (χ0v) is 13.2. The number of aromatic nitrogens is 1. The second kappa shape index (κ2) is 6.95. The van der Waals surface area contributed by atoms with Crippen molar-refractivity contribution in [1.29, 1.82) is 0 Å². The van der Waals surface area contributed by atoms with Crippen molar-refractivity contribution in [3.8, 4) is 0 Å². The maximum Gasteiger partial charge on any atom is 0.136 e. The van der Waals surface area contributed by atoms with Crippen molar-refractivity contribution in [2.24, 2.45) is 0 Å². The predicted molar refractivity (Wildman–Crippen MR) is 88.5 cm³/mol. The normalized spacial score (nSPS) is 12.6. The van der Waals surface area contributed by atoms with Crippen LogP contribution in [0.1, 0.15) is 19.0 Å². The predicted octanol–water partition coefficient (Wildman–Crippen LogP) is 3.30. The van der Waals surface area contributed by atoms with Crippen LogP contribution < -0.4 is 4.90 Å². The van der Waals surface area contributed by atoms with Gasteiger partial charge in [-0.25, -0.2) is 4.98 Å². The number of anilines is 1. The van der Waals surface area contributed by atoms with Crippen molar-refractivity contribution in [2.45, 2.75) is 26.0 Å². The number of pyridine rings is 1. The number of hydrogen-bond donors (Lipinski definition) is 1. The van der Waals surface area contributed by atoms with Gasteiger partial charge in [0, 0.05) is 18.5 Å². The summed E-state index contributed by atoms with van der Waals surface area (Å²) in [7, 11) is 2.08. The molecule has 0 aliphatic rings.